The molecule has 1 aromatic rings. The summed E-state index contributed by atoms with van der Waals surface area (Å²) in [7, 11) is 0. The van der Waals surface area contributed by atoms with Crippen LogP contribution in [0.4, 0.5) is 11.5 Å². The smallest absolute Gasteiger partial charge is 0.340 e. The average Bonchev–Trinajstić information content (AvgIpc) is 2.47. The fraction of sp³-hybridized carbons (Fsp3) is 0.500. The van der Waals surface area contributed by atoms with Gasteiger partial charge in [-0.1, -0.05) is 0 Å². The van der Waals surface area contributed by atoms with Gasteiger partial charge in [-0.3, -0.25) is 4.79 Å². The van der Waals surface area contributed by atoms with E-state index in [2.05, 4.69) is 4.98 Å². The molecule has 2 heterocycles. The van der Waals surface area contributed by atoms with E-state index in [-0.39, 0.29) is 17.9 Å². The van der Waals surface area contributed by atoms with E-state index in [9.17, 15) is 9.59 Å². The van der Waals surface area contributed by atoms with Gasteiger partial charge < -0.3 is 21.1 Å². The first-order valence-electron chi connectivity index (χ1n) is 7.03. The summed E-state index contributed by atoms with van der Waals surface area (Å²) < 4.78 is 4.97. The van der Waals surface area contributed by atoms with Gasteiger partial charge in [0.2, 0.25) is 5.91 Å². The highest BCUT2D eigenvalue weighted by Crippen LogP contribution is 2.30. The molecule has 1 saturated heterocycles. The van der Waals surface area contributed by atoms with Gasteiger partial charge in [-0.05, 0) is 32.3 Å². The van der Waals surface area contributed by atoms with Crippen LogP contribution in [0.2, 0.25) is 0 Å². The van der Waals surface area contributed by atoms with Gasteiger partial charge in [0.25, 0.3) is 0 Å². The van der Waals surface area contributed by atoms with E-state index in [4.69, 9.17) is 16.2 Å². The highest BCUT2D eigenvalue weighted by Gasteiger charge is 2.30. The molecule has 7 heteroatoms. The van der Waals surface area contributed by atoms with Crippen molar-refractivity contribution in [2.45, 2.75) is 32.2 Å². The number of carbonyl (C=O) groups is 2. The zero-order chi connectivity index (χ0) is 15.4. The Kier molecular flexibility index (Phi) is 4.62. The number of aromatic nitrogens is 1. The second kappa shape index (κ2) is 6.43. The summed E-state index contributed by atoms with van der Waals surface area (Å²) in [6.45, 7) is 2.63. The van der Waals surface area contributed by atoms with Gasteiger partial charge in [-0.2, -0.15) is 0 Å². The first-order chi connectivity index (χ1) is 10.1. The van der Waals surface area contributed by atoms with Crippen molar-refractivity contribution < 1.29 is 14.3 Å². The Balaban J connectivity index is 2.36. The molecule has 1 aliphatic heterocycles. The number of hydrogen-bond acceptors (Lipinski definition) is 6. The molecule has 0 radical (unpaired) electrons. The molecule has 114 valence electrons. The minimum absolute atomic E-state index is 0.226. The molecule has 1 atom stereocenters. The SMILES string of the molecule is CCOC(=O)c1ccnc(N2CCCCC2C(N)=O)c1N. The lowest BCUT2D eigenvalue weighted by molar-refractivity contribution is -0.119. The number of anilines is 2. The maximum absolute atomic E-state index is 11.9. The molecule has 0 aromatic carbocycles. The van der Waals surface area contributed by atoms with Crippen molar-refractivity contribution in [1.29, 1.82) is 0 Å². The Bertz CT molecular complexity index is 547. The van der Waals surface area contributed by atoms with E-state index in [1.54, 1.807) is 11.8 Å². The molecule has 1 aliphatic rings. The Morgan fingerprint density at radius 1 is 1.48 bits per heavy atom. The van der Waals surface area contributed by atoms with Crippen LogP contribution in [-0.2, 0) is 9.53 Å². The number of amides is 1. The average molecular weight is 292 g/mol. The Morgan fingerprint density at radius 2 is 2.24 bits per heavy atom. The molecule has 0 bridgehead atoms. The number of hydrogen-bond donors (Lipinski definition) is 2. The number of pyridine rings is 1. The number of nitrogen functional groups attached to an aromatic ring is 1. The molecule has 1 aromatic heterocycles. The predicted molar refractivity (Wildman–Crippen MR) is 78.8 cm³/mol. The standard InChI is InChI=1S/C14H20N4O3/c1-2-21-14(20)9-6-7-17-13(11(9)15)18-8-4-3-5-10(18)12(16)19/h6-7,10H,2-5,8,15H2,1H3,(H2,16,19). The quantitative estimate of drug-likeness (QED) is 0.789. The van der Waals surface area contributed by atoms with Gasteiger partial charge in [0.05, 0.1) is 17.9 Å². The number of rotatable bonds is 4. The van der Waals surface area contributed by atoms with Crippen LogP contribution in [0, 0.1) is 0 Å². The summed E-state index contributed by atoms with van der Waals surface area (Å²) in [4.78, 5) is 29.5. The highest BCUT2D eigenvalue weighted by molar-refractivity contribution is 5.98. The second-order valence-electron chi connectivity index (χ2n) is 4.92. The zero-order valence-corrected chi connectivity index (χ0v) is 12.0. The van der Waals surface area contributed by atoms with Gasteiger partial charge in [-0.25, -0.2) is 9.78 Å². The normalized spacial score (nSPS) is 18.3. The number of primary amides is 1. The first-order valence-corrected chi connectivity index (χ1v) is 7.03. The lowest BCUT2D eigenvalue weighted by Gasteiger charge is -2.35. The molecule has 0 spiro atoms. The molecule has 1 unspecified atom stereocenters. The van der Waals surface area contributed by atoms with Crippen molar-refractivity contribution in [3.8, 4) is 0 Å². The summed E-state index contributed by atoms with van der Waals surface area (Å²) in [6, 6.07) is 1.08. The van der Waals surface area contributed by atoms with Crippen LogP contribution in [0.3, 0.4) is 0 Å². The van der Waals surface area contributed by atoms with Crippen molar-refractivity contribution in [3.63, 3.8) is 0 Å². The van der Waals surface area contributed by atoms with E-state index >= 15 is 0 Å². The van der Waals surface area contributed by atoms with Crippen LogP contribution in [-0.4, -0.2) is 36.1 Å². The molecule has 7 nitrogen and oxygen atoms in total. The van der Waals surface area contributed by atoms with E-state index in [1.807, 2.05) is 0 Å². The van der Waals surface area contributed by atoms with Gasteiger partial charge >= 0.3 is 5.97 Å². The van der Waals surface area contributed by atoms with E-state index in [1.165, 1.54) is 12.3 Å². The van der Waals surface area contributed by atoms with Crippen molar-refractivity contribution in [3.05, 3.63) is 17.8 Å². The van der Waals surface area contributed by atoms with Crippen LogP contribution in [0.15, 0.2) is 12.3 Å². The monoisotopic (exact) mass is 292 g/mol. The Morgan fingerprint density at radius 3 is 2.90 bits per heavy atom. The maximum Gasteiger partial charge on any atom is 0.340 e. The van der Waals surface area contributed by atoms with Gasteiger partial charge in [0.1, 0.15) is 6.04 Å². The Hall–Kier alpha value is -2.31. The molecule has 2 rings (SSSR count). The fourth-order valence-electron chi connectivity index (χ4n) is 2.56. The number of carbonyl (C=O) groups excluding carboxylic acids is 2. The third-order valence-corrected chi connectivity index (χ3v) is 3.57. The highest BCUT2D eigenvalue weighted by atomic mass is 16.5. The number of nitrogens with two attached hydrogens (primary N) is 2. The van der Waals surface area contributed by atoms with Crippen molar-refractivity contribution in [2.75, 3.05) is 23.8 Å². The molecule has 1 fully saturated rings. The second-order valence-corrected chi connectivity index (χ2v) is 4.92. The van der Waals surface area contributed by atoms with E-state index < -0.39 is 17.9 Å². The van der Waals surface area contributed by atoms with Gasteiger partial charge in [0.15, 0.2) is 5.82 Å². The summed E-state index contributed by atoms with van der Waals surface area (Å²) in [5.41, 5.74) is 12.0. The maximum atomic E-state index is 11.9. The van der Waals surface area contributed by atoms with Crippen LogP contribution in [0.25, 0.3) is 0 Å². The van der Waals surface area contributed by atoms with E-state index in [0.717, 1.165) is 12.8 Å². The largest absolute Gasteiger partial charge is 0.462 e. The number of piperidine rings is 1. The molecule has 0 aliphatic carbocycles. The lowest BCUT2D eigenvalue weighted by atomic mass is 10.0. The number of esters is 1. The number of ether oxygens (including phenoxy) is 1. The third-order valence-electron chi connectivity index (χ3n) is 3.57. The Labute approximate surface area is 123 Å². The molecular formula is C14H20N4O3. The molecule has 21 heavy (non-hydrogen) atoms. The van der Waals surface area contributed by atoms with E-state index in [0.29, 0.717) is 18.8 Å². The molecule has 4 N–H and O–H groups in total. The van der Waals surface area contributed by atoms with Crippen LogP contribution >= 0.6 is 0 Å². The van der Waals surface area contributed by atoms with Crippen molar-refractivity contribution in [2.24, 2.45) is 5.73 Å². The van der Waals surface area contributed by atoms with Crippen LogP contribution in [0.1, 0.15) is 36.5 Å². The topological polar surface area (TPSA) is 112 Å². The van der Waals surface area contributed by atoms with Crippen molar-refractivity contribution in [1.82, 2.24) is 4.98 Å². The van der Waals surface area contributed by atoms with Crippen molar-refractivity contribution >= 4 is 23.4 Å². The minimum atomic E-state index is -0.494. The molecule has 0 saturated carbocycles. The van der Waals surface area contributed by atoms with Crippen LogP contribution in [0.5, 0.6) is 0 Å². The zero-order valence-electron chi connectivity index (χ0n) is 12.0. The summed E-state index contributed by atoms with van der Waals surface area (Å²) in [6.07, 6.45) is 4.01. The first kappa shape index (κ1) is 15.1. The number of nitrogens with zero attached hydrogens (tertiary/aromatic N) is 2. The minimum Gasteiger partial charge on any atom is -0.462 e. The van der Waals surface area contributed by atoms with Gasteiger partial charge in [0, 0.05) is 12.7 Å². The molecular weight excluding hydrogens is 272 g/mol. The summed E-state index contributed by atoms with van der Waals surface area (Å²) in [5.74, 6) is -0.479. The molecule has 1 amide bonds. The van der Waals surface area contributed by atoms with Crippen LogP contribution < -0.4 is 16.4 Å². The predicted octanol–water partition coefficient (Wildman–Crippen LogP) is 0.685. The third kappa shape index (κ3) is 3.07. The fourth-order valence-corrected chi connectivity index (χ4v) is 2.56. The summed E-state index contributed by atoms with van der Waals surface area (Å²) >= 11 is 0. The summed E-state index contributed by atoms with van der Waals surface area (Å²) in [5, 5.41) is 0. The lowest BCUT2D eigenvalue weighted by Crippen LogP contribution is -2.48. The van der Waals surface area contributed by atoms with Gasteiger partial charge in [-0.15, -0.1) is 0 Å².